The van der Waals surface area contributed by atoms with Gasteiger partial charge in [0.1, 0.15) is 11.8 Å². The molecule has 0 spiro atoms. The van der Waals surface area contributed by atoms with Crippen molar-refractivity contribution in [3.05, 3.63) is 41.9 Å². The molecule has 0 radical (unpaired) electrons. The summed E-state index contributed by atoms with van der Waals surface area (Å²) in [5.41, 5.74) is 1.33. The molecule has 1 aliphatic carbocycles. The molecule has 2 aromatic rings. The minimum atomic E-state index is 0.182. The van der Waals surface area contributed by atoms with E-state index < -0.39 is 0 Å². The molecule has 7 nitrogen and oxygen atoms in total. The van der Waals surface area contributed by atoms with Gasteiger partial charge >= 0.3 is 0 Å². The molecule has 0 saturated heterocycles. The third-order valence-corrected chi connectivity index (χ3v) is 3.85. The van der Waals surface area contributed by atoms with Gasteiger partial charge in [0.25, 0.3) is 0 Å². The van der Waals surface area contributed by atoms with Gasteiger partial charge in [-0.15, -0.1) is 5.10 Å². The van der Waals surface area contributed by atoms with Crippen molar-refractivity contribution in [3.8, 4) is 11.8 Å². The molecule has 1 aliphatic rings. The Bertz CT molecular complexity index is 790. The van der Waals surface area contributed by atoms with E-state index in [4.69, 9.17) is 22.2 Å². The highest BCUT2D eigenvalue weighted by Gasteiger charge is 2.41. The average molecular weight is 340 g/mol. The Kier molecular flexibility index (Phi) is 4.82. The molecule has 0 aliphatic heterocycles. The first-order chi connectivity index (χ1) is 11.7. The molecule has 1 fully saturated rings. The number of hydrogen-bond donors (Lipinski definition) is 2. The molecular weight excluding hydrogens is 324 g/mol. The summed E-state index contributed by atoms with van der Waals surface area (Å²) in [6.07, 6.45) is 4.15. The highest BCUT2D eigenvalue weighted by atomic mass is 32.1. The van der Waals surface area contributed by atoms with Crippen LogP contribution >= 0.6 is 12.2 Å². The molecule has 2 aromatic heterocycles. The van der Waals surface area contributed by atoms with Crippen molar-refractivity contribution in [2.45, 2.75) is 25.3 Å². The fourth-order valence-electron chi connectivity index (χ4n) is 2.44. The Balaban J connectivity index is 1.61. The van der Waals surface area contributed by atoms with E-state index in [1.165, 1.54) is 6.20 Å². The van der Waals surface area contributed by atoms with Crippen LogP contribution in [0.15, 0.2) is 30.6 Å². The van der Waals surface area contributed by atoms with Crippen LogP contribution in [0.2, 0.25) is 0 Å². The Hall–Kier alpha value is -2.79. The van der Waals surface area contributed by atoms with Gasteiger partial charge in [0.15, 0.2) is 10.9 Å². The summed E-state index contributed by atoms with van der Waals surface area (Å²) < 4.78 is 5.62. The average Bonchev–Trinajstić information content (AvgIpc) is 3.35. The highest BCUT2D eigenvalue weighted by molar-refractivity contribution is 7.80. The van der Waals surface area contributed by atoms with Crippen molar-refractivity contribution in [1.82, 2.24) is 20.5 Å². The molecule has 24 heavy (non-hydrogen) atoms. The summed E-state index contributed by atoms with van der Waals surface area (Å²) in [4.78, 5) is 4.43. The number of ether oxygens (including phenoxy) is 1. The zero-order valence-corrected chi connectivity index (χ0v) is 13.9. The molecular formula is C16H16N6OS. The minimum Gasteiger partial charge on any atom is -0.492 e. The van der Waals surface area contributed by atoms with Gasteiger partial charge < -0.3 is 15.4 Å². The van der Waals surface area contributed by atoms with Crippen LogP contribution in [-0.4, -0.2) is 32.9 Å². The first-order valence-corrected chi connectivity index (χ1v) is 8.00. The Labute approximate surface area is 145 Å². The van der Waals surface area contributed by atoms with Gasteiger partial charge in [-0.05, 0) is 43.8 Å². The first kappa shape index (κ1) is 16.1. The highest BCUT2D eigenvalue weighted by Crippen LogP contribution is 2.43. The second-order valence-corrected chi connectivity index (χ2v) is 5.68. The number of rotatable bonds is 5. The lowest BCUT2D eigenvalue weighted by atomic mass is 10.2. The standard InChI is InChI=1S/C16H16N6OS/c1-2-23-13-4-3-6-18-14(13)11-8-12(11)20-16(24)21-15-10(9-17)5-7-19-22-15/h3-7,11-12H,2,8H2,1H3,(H2,20,21,22,24). The second-order valence-electron chi connectivity index (χ2n) is 5.27. The third kappa shape index (κ3) is 3.58. The van der Waals surface area contributed by atoms with E-state index in [1.807, 2.05) is 25.1 Å². The molecule has 8 heteroatoms. The van der Waals surface area contributed by atoms with Crippen LogP contribution in [0, 0.1) is 11.3 Å². The smallest absolute Gasteiger partial charge is 0.172 e. The van der Waals surface area contributed by atoms with Crippen molar-refractivity contribution >= 4 is 23.1 Å². The van der Waals surface area contributed by atoms with Gasteiger partial charge in [-0.2, -0.15) is 10.4 Å². The lowest BCUT2D eigenvalue weighted by Gasteiger charge is -2.11. The molecule has 2 atom stereocenters. The van der Waals surface area contributed by atoms with E-state index >= 15 is 0 Å². The maximum Gasteiger partial charge on any atom is 0.172 e. The van der Waals surface area contributed by atoms with Crippen LogP contribution in [0.5, 0.6) is 5.75 Å². The van der Waals surface area contributed by atoms with E-state index in [0.29, 0.717) is 23.1 Å². The van der Waals surface area contributed by atoms with Crippen LogP contribution in [0.25, 0.3) is 0 Å². The van der Waals surface area contributed by atoms with E-state index in [-0.39, 0.29) is 12.0 Å². The van der Waals surface area contributed by atoms with E-state index in [1.54, 1.807) is 12.3 Å². The van der Waals surface area contributed by atoms with Crippen LogP contribution < -0.4 is 15.4 Å². The summed E-state index contributed by atoms with van der Waals surface area (Å²) in [5.74, 6) is 1.42. The van der Waals surface area contributed by atoms with Gasteiger partial charge in [-0.25, -0.2) is 0 Å². The van der Waals surface area contributed by atoms with Crippen LogP contribution in [0.3, 0.4) is 0 Å². The number of pyridine rings is 1. The summed E-state index contributed by atoms with van der Waals surface area (Å²) in [5, 5.41) is 23.2. The largest absolute Gasteiger partial charge is 0.492 e. The van der Waals surface area contributed by atoms with Crippen molar-refractivity contribution in [1.29, 1.82) is 5.26 Å². The minimum absolute atomic E-state index is 0.182. The first-order valence-electron chi connectivity index (χ1n) is 7.60. The number of aromatic nitrogens is 3. The van der Waals surface area contributed by atoms with Gasteiger partial charge in [0.2, 0.25) is 0 Å². The summed E-state index contributed by atoms with van der Waals surface area (Å²) in [6, 6.07) is 7.60. The van der Waals surface area contributed by atoms with E-state index in [2.05, 4.69) is 25.8 Å². The topological polar surface area (TPSA) is 95.8 Å². The predicted molar refractivity (Wildman–Crippen MR) is 92.7 cm³/mol. The van der Waals surface area contributed by atoms with E-state index in [9.17, 15) is 0 Å². The predicted octanol–water partition coefficient (Wildman–Crippen LogP) is 1.98. The van der Waals surface area contributed by atoms with Gasteiger partial charge in [0, 0.05) is 18.2 Å². The lowest BCUT2D eigenvalue weighted by molar-refractivity contribution is 0.334. The van der Waals surface area contributed by atoms with Crippen LogP contribution in [-0.2, 0) is 0 Å². The molecule has 2 heterocycles. The lowest BCUT2D eigenvalue weighted by Crippen LogP contribution is -2.31. The number of nitrogens with zero attached hydrogens (tertiary/aromatic N) is 4. The maximum absolute atomic E-state index is 9.05. The number of nitrogens with one attached hydrogen (secondary N) is 2. The Morgan fingerprint density at radius 3 is 3.12 bits per heavy atom. The molecule has 2 N–H and O–H groups in total. The van der Waals surface area contributed by atoms with Crippen molar-refractivity contribution < 1.29 is 4.74 Å². The fourth-order valence-corrected chi connectivity index (χ4v) is 2.69. The molecule has 122 valence electrons. The normalized spacial score (nSPS) is 18.3. The van der Waals surface area contributed by atoms with Crippen molar-refractivity contribution in [2.75, 3.05) is 11.9 Å². The number of hydrogen-bond acceptors (Lipinski definition) is 6. The third-order valence-electron chi connectivity index (χ3n) is 3.63. The van der Waals surface area contributed by atoms with Crippen LogP contribution in [0.4, 0.5) is 5.82 Å². The van der Waals surface area contributed by atoms with Gasteiger partial charge in [0.05, 0.1) is 24.1 Å². The van der Waals surface area contributed by atoms with Gasteiger partial charge in [-0.3, -0.25) is 4.98 Å². The molecule has 0 amide bonds. The Morgan fingerprint density at radius 1 is 1.46 bits per heavy atom. The SMILES string of the molecule is CCOc1cccnc1C1CC1NC(=S)Nc1nnccc1C#N. The zero-order chi connectivity index (χ0) is 16.9. The number of thiocarbonyl (C=S) groups is 1. The molecule has 0 aromatic carbocycles. The van der Waals surface area contributed by atoms with Crippen LogP contribution in [0.1, 0.15) is 30.5 Å². The summed E-state index contributed by atoms with van der Waals surface area (Å²) in [6.45, 7) is 2.55. The Morgan fingerprint density at radius 2 is 2.33 bits per heavy atom. The second kappa shape index (κ2) is 7.19. The summed E-state index contributed by atoms with van der Waals surface area (Å²) >= 11 is 5.30. The quantitative estimate of drug-likeness (QED) is 0.798. The van der Waals surface area contributed by atoms with E-state index in [0.717, 1.165) is 17.9 Å². The molecule has 1 saturated carbocycles. The fraction of sp³-hybridized carbons (Fsp3) is 0.312. The molecule has 2 unspecified atom stereocenters. The molecule has 3 rings (SSSR count). The van der Waals surface area contributed by atoms with Crippen molar-refractivity contribution in [3.63, 3.8) is 0 Å². The van der Waals surface area contributed by atoms with Crippen molar-refractivity contribution in [2.24, 2.45) is 0 Å². The number of anilines is 1. The molecule has 0 bridgehead atoms. The zero-order valence-electron chi connectivity index (χ0n) is 13.1. The maximum atomic E-state index is 9.05. The van der Waals surface area contributed by atoms with Gasteiger partial charge in [-0.1, -0.05) is 0 Å². The monoisotopic (exact) mass is 340 g/mol. The summed E-state index contributed by atoms with van der Waals surface area (Å²) in [7, 11) is 0. The number of nitriles is 1.